The summed E-state index contributed by atoms with van der Waals surface area (Å²) in [7, 11) is 1.29. The zero-order chi connectivity index (χ0) is 8.97. The summed E-state index contributed by atoms with van der Waals surface area (Å²) in [6, 6.07) is -0.678. The summed E-state index contributed by atoms with van der Waals surface area (Å²) in [6.45, 7) is 0. The molecule has 0 bridgehead atoms. The van der Waals surface area contributed by atoms with Crippen LogP contribution in [0.4, 0.5) is 0 Å². The monoisotopic (exact) mass is 170 g/mol. The maximum Gasteiger partial charge on any atom is 0.323 e. The molecule has 5 nitrogen and oxygen atoms in total. The summed E-state index contributed by atoms with van der Waals surface area (Å²) in [6.07, 6.45) is 3.12. The first-order chi connectivity index (χ1) is 5.74. The molecule has 12 heavy (non-hydrogen) atoms. The van der Waals surface area contributed by atoms with Crippen LogP contribution in [0.1, 0.15) is 5.76 Å². The van der Waals surface area contributed by atoms with Crippen molar-refractivity contribution in [3.8, 4) is 0 Å². The summed E-state index contributed by atoms with van der Waals surface area (Å²) >= 11 is 0. The number of rotatable bonds is 3. The smallest absolute Gasteiger partial charge is 0.323 e. The predicted molar refractivity (Wildman–Crippen MR) is 40.2 cm³/mol. The molecule has 1 unspecified atom stereocenters. The standard InChI is InChI=1S/C7H10N2O3/c1-11-7(10)6(8)2-5-3-9-4-12-5/h3-4,6H,2,8H2,1H3. The van der Waals surface area contributed by atoms with Crippen LogP contribution in [-0.2, 0) is 16.0 Å². The molecule has 0 amide bonds. The molecule has 5 heteroatoms. The van der Waals surface area contributed by atoms with Crippen molar-refractivity contribution >= 4 is 5.97 Å². The molecule has 0 spiro atoms. The van der Waals surface area contributed by atoms with Gasteiger partial charge >= 0.3 is 5.97 Å². The Bertz CT molecular complexity index is 245. The molecular formula is C7H10N2O3. The van der Waals surface area contributed by atoms with Gasteiger partial charge in [0.1, 0.15) is 11.8 Å². The molecule has 0 saturated carbocycles. The highest BCUT2D eigenvalue weighted by atomic mass is 16.5. The van der Waals surface area contributed by atoms with Gasteiger partial charge in [-0.3, -0.25) is 4.79 Å². The molecule has 1 aromatic heterocycles. The maximum atomic E-state index is 10.8. The van der Waals surface area contributed by atoms with Crippen LogP contribution in [-0.4, -0.2) is 24.1 Å². The number of aromatic nitrogens is 1. The molecule has 0 saturated heterocycles. The second-order valence-electron chi connectivity index (χ2n) is 2.30. The lowest BCUT2D eigenvalue weighted by atomic mass is 10.2. The summed E-state index contributed by atoms with van der Waals surface area (Å²) in [5.41, 5.74) is 5.46. The second-order valence-corrected chi connectivity index (χ2v) is 2.30. The van der Waals surface area contributed by atoms with Gasteiger partial charge in [-0.2, -0.15) is 0 Å². The Kier molecular flexibility index (Phi) is 2.82. The third-order valence-electron chi connectivity index (χ3n) is 1.41. The van der Waals surface area contributed by atoms with E-state index in [1.807, 2.05) is 0 Å². The van der Waals surface area contributed by atoms with E-state index in [0.717, 1.165) is 0 Å². The zero-order valence-electron chi connectivity index (χ0n) is 6.69. The minimum atomic E-state index is -0.678. The lowest BCUT2D eigenvalue weighted by molar-refractivity contribution is -0.142. The quantitative estimate of drug-likeness (QED) is 0.631. The lowest BCUT2D eigenvalue weighted by Gasteiger charge is -2.05. The van der Waals surface area contributed by atoms with Crippen molar-refractivity contribution < 1.29 is 13.9 Å². The third kappa shape index (κ3) is 2.06. The molecule has 0 fully saturated rings. The van der Waals surface area contributed by atoms with Gasteiger partial charge in [0.15, 0.2) is 6.39 Å². The number of hydrogen-bond donors (Lipinski definition) is 1. The SMILES string of the molecule is COC(=O)C(N)Cc1cnco1. The van der Waals surface area contributed by atoms with Crippen molar-refractivity contribution in [2.24, 2.45) is 5.73 Å². The average molecular weight is 170 g/mol. The van der Waals surface area contributed by atoms with E-state index in [-0.39, 0.29) is 0 Å². The van der Waals surface area contributed by atoms with E-state index in [1.54, 1.807) is 0 Å². The van der Waals surface area contributed by atoms with Gasteiger partial charge in [0.25, 0.3) is 0 Å². The predicted octanol–water partition coefficient (Wildman–Crippen LogP) is -0.283. The van der Waals surface area contributed by atoms with Crippen LogP contribution in [0.5, 0.6) is 0 Å². The van der Waals surface area contributed by atoms with Crippen LogP contribution >= 0.6 is 0 Å². The average Bonchev–Trinajstić information content (AvgIpc) is 2.55. The summed E-state index contributed by atoms with van der Waals surface area (Å²) < 4.78 is 9.33. The van der Waals surface area contributed by atoms with Gasteiger partial charge in [0.05, 0.1) is 13.3 Å². The maximum absolute atomic E-state index is 10.8. The first-order valence-electron chi connectivity index (χ1n) is 3.45. The van der Waals surface area contributed by atoms with Crippen molar-refractivity contribution in [3.63, 3.8) is 0 Å². The third-order valence-corrected chi connectivity index (χ3v) is 1.41. The molecule has 1 aromatic rings. The number of oxazole rings is 1. The van der Waals surface area contributed by atoms with Crippen LogP contribution in [0.2, 0.25) is 0 Å². The highest BCUT2D eigenvalue weighted by Crippen LogP contribution is 2.00. The summed E-state index contributed by atoms with van der Waals surface area (Å²) in [5, 5.41) is 0. The minimum absolute atomic E-state index is 0.312. The largest absolute Gasteiger partial charge is 0.468 e. The van der Waals surface area contributed by atoms with Crippen LogP contribution in [0.25, 0.3) is 0 Å². The van der Waals surface area contributed by atoms with E-state index in [0.29, 0.717) is 12.2 Å². The summed E-state index contributed by atoms with van der Waals surface area (Å²) in [4.78, 5) is 14.5. The number of carbonyl (C=O) groups excluding carboxylic acids is 1. The molecule has 1 heterocycles. The first-order valence-corrected chi connectivity index (χ1v) is 3.45. The van der Waals surface area contributed by atoms with Crippen LogP contribution in [0.3, 0.4) is 0 Å². The fourth-order valence-electron chi connectivity index (χ4n) is 0.794. The van der Waals surface area contributed by atoms with Crippen molar-refractivity contribution in [1.82, 2.24) is 4.98 Å². The van der Waals surface area contributed by atoms with E-state index in [9.17, 15) is 4.79 Å². The second kappa shape index (κ2) is 3.87. The van der Waals surface area contributed by atoms with E-state index < -0.39 is 12.0 Å². The molecule has 0 aliphatic rings. The minimum Gasteiger partial charge on any atom is -0.468 e. The zero-order valence-corrected chi connectivity index (χ0v) is 6.69. The Morgan fingerprint density at radius 2 is 2.67 bits per heavy atom. The number of nitrogens with zero attached hydrogens (tertiary/aromatic N) is 1. The molecule has 0 aliphatic carbocycles. The number of nitrogens with two attached hydrogens (primary N) is 1. The van der Waals surface area contributed by atoms with Gasteiger partial charge in [0.2, 0.25) is 0 Å². The normalized spacial score (nSPS) is 12.5. The van der Waals surface area contributed by atoms with Crippen LogP contribution in [0.15, 0.2) is 17.0 Å². The van der Waals surface area contributed by atoms with Gasteiger partial charge in [-0.1, -0.05) is 0 Å². The van der Waals surface area contributed by atoms with Crippen molar-refractivity contribution in [2.45, 2.75) is 12.5 Å². The molecule has 0 radical (unpaired) electrons. The molecule has 1 atom stereocenters. The Balaban J connectivity index is 2.47. The van der Waals surface area contributed by atoms with Gasteiger partial charge in [-0.05, 0) is 0 Å². The molecule has 1 rings (SSSR count). The molecule has 0 aromatic carbocycles. The number of methoxy groups -OCH3 is 1. The van der Waals surface area contributed by atoms with E-state index in [4.69, 9.17) is 10.2 Å². The van der Waals surface area contributed by atoms with Gasteiger partial charge in [-0.15, -0.1) is 0 Å². The number of esters is 1. The highest BCUT2D eigenvalue weighted by molar-refractivity contribution is 5.75. The van der Waals surface area contributed by atoms with Crippen molar-refractivity contribution in [3.05, 3.63) is 18.4 Å². The number of carbonyl (C=O) groups is 1. The van der Waals surface area contributed by atoms with E-state index in [1.165, 1.54) is 19.7 Å². The van der Waals surface area contributed by atoms with Gasteiger partial charge in [0, 0.05) is 6.42 Å². The molecular weight excluding hydrogens is 160 g/mol. The highest BCUT2D eigenvalue weighted by Gasteiger charge is 2.15. The number of ether oxygens (including phenoxy) is 1. The Morgan fingerprint density at radius 3 is 3.17 bits per heavy atom. The Morgan fingerprint density at radius 1 is 1.92 bits per heavy atom. The molecule has 66 valence electrons. The number of hydrogen-bond acceptors (Lipinski definition) is 5. The van der Waals surface area contributed by atoms with Crippen molar-refractivity contribution in [2.75, 3.05) is 7.11 Å². The van der Waals surface area contributed by atoms with E-state index in [2.05, 4.69) is 9.72 Å². The van der Waals surface area contributed by atoms with Crippen LogP contribution in [0, 0.1) is 0 Å². The van der Waals surface area contributed by atoms with Crippen LogP contribution < -0.4 is 5.73 Å². The fourth-order valence-corrected chi connectivity index (χ4v) is 0.794. The van der Waals surface area contributed by atoms with E-state index >= 15 is 0 Å². The summed E-state index contributed by atoms with van der Waals surface area (Å²) in [5.74, 6) is 0.124. The topological polar surface area (TPSA) is 78.4 Å². The molecule has 0 aliphatic heterocycles. The van der Waals surface area contributed by atoms with Gasteiger partial charge < -0.3 is 14.9 Å². The fraction of sp³-hybridized carbons (Fsp3) is 0.429. The Labute approximate surface area is 69.5 Å². The lowest BCUT2D eigenvalue weighted by Crippen LogP contribution is -2.33. The first kappa shape index (κ1) is 8.73. The Hall–Kier alpha value is -1.36. The van der Waals surface area contributed by atoms with Gasteiger partial charge in [-0.25, -0.2) is 4.98 Å². The molecule has 2 N–H and O–H groups in total. The van der Waals surface area contributed by atoms with Crippen molar-refractivity contribution in [1.29, 1.82) is 0 Å².